The standard InChI is InChI=1S/C23H15ClF3N3O3/c24-15-5-1-14(2-6-15)21-18(13-3-7-16(25)8-4-13)12-30(29-21)22(31)28-17-9-10-19-20(11-17)33-23(26,27)32-19/h1-11,18H,12H2,(H,28,31). The number of amides is 2. The van der Waals surface area contributed by atoms with Gasteiger partial charge in [0.15, 0.2) is 11.5 Å². The minimum atomic E-state index is -3.75. The van der Waals surface area contributed by atoms with Crippen LogP contribution in [0.1, 0.15) is 17.0 Å². The van der Waals surface area contributed by atoms with Crippen LogP contribution in [0.3, 0.4) is 0 Å². The first kappa shape index (κ1) is 21.1. The first-order chi connectivity index (χ1) is 15.8. The van der Waals surface area contributed by atoms with Crippen molar-refractivity contribution in [1.29, 1.82) is 0 Å². The Hall–Kier alpha value is -3.72. The lowest BCUT2D eigenvalue weighted by atomic mass is 9.90. The van der Waals surface area contributed by atoms with Gasteiger partial charge in [0.05, 0.1) is 12.3 Å². The van der Waals surface area contributed by atoms with Crippen LogP contribution in [0, 0.1) is 5.82 Å². The number of anilines is 1. The summed E-state index contributed by atoms with van der Waals surface area (Å²) in [5, 5.41) is 8.89. The fraction of sp³-hybridized carbons (Fsp3) is 0.130. The second-order valence-corrected chi connectivity index (χ2v) is 7.87. The van der Waals surface area contributed by atoms with Gasteiger partial charge in [0, 0.05) is 22.7 Å². The highest BCUT2D eigenvalue weighted by molar-refractivity contribution is 6.30. The summed E-state index contributed by atoms with van der Waals surface area (Å²) >= 11 is 5.99. The Balaban J connectivity index is 1.40. The average molecular weight is 474 g/mol. The van der Waals surface area contributed by atoms with Gasteiger partial charge in [-0.2, -0.15) is 5.10 Å². The lowest BCUT2D eigenvalue weighted by molar-refractivity contribution is -0.286. The van der Waals surface area contributed by atoms with Gasteiger partial charge in [0.25, 0.3) is 0 Å². The summed E-state index contributed by atoms with van der Waals surface area (Å²) in [6.45, 7) is 0.193. The molecule has 1 N–H and O–H groups in total. The number of rotatable bonds is 3. The Labute approximate surface area is 191 Å². The number of hydrazone groups is 1. The van der Waals surface area contributed by atoms with Crippen molar-refractivity contribution in [1.82, 2.24) is 5.01 Å². The van der Waals surface area contributed by atoms with Gasteiger partial charge in [-0.05, 0) is 47.5 Å². The SMILES string of the molecule is O=C(Nc1ccc2c(c1)OC(F)(F)O2)N1CC(c2ccc(F)cc2)C(c2ccc(Cl)cc2)=N1. The van der Waals surface area contributed by atoms with Gasteiger partial charge in [0.1, 0.15) is 5.82 Å². The molecule has 2 amide bonds. The molecule has 0 aliphatic carbocycles. The van der Waals surface area contributed by atoms with E-state index in [9.17, 15) is 18.0 Å². The second kappa shape index (κ2) is 8.00. The van der Waals surface area contributed by atoms with E-state index >= 15 is 0 Å². The summed E-state index contributed by atoms with van der Waals surface area (Å²) in [7, 11) is 0. The van der Waals surface area contributed by atoms with E-state index in [1.807, 2.05) is 0 Å². The highest BCUT2D eigenvalue weighted by atomic mass is 35.5. The van der Waals surface area contributed by atoms with Gasteiger partial charge in [0.2, 0.25) is 0 Å². The molecular weight excluding hydrogens is 459 g/mol. The van der Waals surface area contributed by atoms with Gasteiger partial charge in [-0.1, -0.05) is 35.9 Å². The molecule has 5 rings (SSSR count). The third-order valence-corrected chi connectivity index (χ3v) is 5.47. The molecule has 0 saturated heterocycles. The summed E-state index contributed by atoms with van der Waals surface area (Å²) in [5.74, 6) is -0.995. The van der Waals surface area contributed by atoms with E-state index in [1.165, 1.54) is 35.3 Å². The number of alkyl halides is 2. The Bertz CT molecular complexity index is 1250. The molecule has 2 aliphatic rings. The second-order valence-electron chi connectivity index (χ2n) is 7.44. The lowest BCUT2D eigenvalue weighted by Gasteiger charge is -2.16. The van der Waals surface area contributed by atoms with Gasteiger partial charge >= 0.3 is 12.3 Å². The normalized spacial score (nSPS) is 18.2. The van der Waals surface area contributed by atoms with Crippen LogP contribution in [-0.4, -0.2) is 29.6 Å². The van der Waals surface area contributed by atoms with Crippen molar-refractivity contribution >= 4 is 29.0 Å². The van der Waals surface area contributed by atoms with Crippen LogP contribution in [0.25, 0.3) is 0 Å². The van der Waals surface area contributed by atoms with Crippen molar-refractivity contribution in [2.24, 2.45) is 5.10 Å². The molecule has 33 heavy (non-hydrogen) atoms. The number of urea groups is 1. The largest absolute Gasteiger partial charge is 0.586 e. The van der Waals surface area contributed by atoms with Crippen molar-refractivity contribution in [2.45, 2.75) is 12.2 Å². The predicted molar refractivity (Wildman–Crippen MR) is 115 cm³/mol. The molecular formula is C23H15ClF3N3O3. The number of benzene rings is 3. The van der Waals surface area contributed by atoms with E-state index in [-0.39, 0.29) is 35.5 Å². The van der Waals surface area contributed by atoms with Crippen molar-refractivity contribution < 1.29 is 27.4 Å². The van der Waals surface area contributed by atoms with Crippen LogP contribution >= 0.6 is 11.6 Å². The van der Waals surface area contributed by atoms with Crippen LogP contribution < -0.4 is 14.8 Å². The highest BCUT2D eigenvalue weighted by Crippen LogP contribution is 2.42. The van der Waals surface area contributed by atoms with Crippen molar-refractivity contribution in [2.75, 3.05) is 11.9 Å². The number of carbonyl (C=O) groups is 1. The molecule has 0 radical (unpaired) electrons. The first-order valence-corrected chi connectivity index (χ1v) is 10.2. The minimum absolute atomic E-state index is 0.126. The number of ether oxygens (including phenoxy) is 2. The molecule has 3 aromatic rings. The maximum Gasteiger partial charge on any atom is 0.586 e. The number of hydrogen-bond acceptors (Lipinski definition) is 4. The molecule has 3 aromatic carbocycles. The summed E-state index contributed by atoms with van der Waals surface area (Å²) in [6, 6.07) is 16.4. The molecule has 0 saturated carbocycles. The van der Waals surface area contributed by atoms with E-state index in [2.05, 4.69) is 19.9 Å². The third-order valence-electron chi connectivity index (χ3n) is 5.21. The number of carbonyl (C=O) groups excluding carboxylic acids is 1. The van der Waals surface area contributed by atoms with E-state index in [1.54, 1.807) is 36.4 Å². The number of nitrogens with zero attached hydrogens (tertiary/aromatic N) is 2. The summed E-state index contributed by atoms with van der Waals surface area (Å²) in [6.07, 6.45) is -3.75. The molecule has 1 unspecified atom stereocenters. The molecule has 10 heteroatoms. The Morgan fingerprint density at radius 2 is 1.73 bits per heavy atom. The van der Waals surface area contributed by atoms with E-state index in [0.29, 0.717) is 10.7 Å². The summed E-state index contributed by atoms with van der Waals surface area (Å²) in [5.41, 5.74) is 2.38. The summed E-state index contributed by atoms with van der Waals surface area (Å²) in [4.78, 5) is 12.9. The molecule has 0 aromatic heterocycles. The molecule has 168 valence electrons. The molecule has 0 bridgehead atoms. The van der Waals surface area contributed by atoms with E-state index in [4.69, 9.17) is 11.6 Å². The Kier molecular flexibility index (Phi) is 5.13. The Morgan fingerprint density at radius 3 is 2.45 bits per heavy atom. The number of hydrogen-bond donors (Lipinski definition) is 1. The Morgan fingerprint density at radius 1 is 1.03 bits per heavy atom. The predicted octanol–water partition coefficient (Wildman–Crippen LogP) is 5.84. The maximum absolute atomic E-state index is 13.4. The van der Waals surface area contributed by atoms with Crippen molar-refractivity contribution in [3.05, 3.63) is 88.7 Å². The minimum Gasteiger partial charge on any atom is -0.395 e. The van der Waals surface area contributed by atoms with Crippen molar-refractivity contribution in [3.8, 4) is 11.5 Å². The summed E-state index contributed by atoms with van der Waals surface area (Å²) < 4.78 is 48.7. The number of nitrogens with one attached hydrogen (secondary N) is 1. The molecule has 0 fully saturated rings. The first-order valence-electron chi connectivity index (χ1n) is 9.86. The zero-order chi connectivity index (χ0) is 23.2. The van der Waals surface area contributed by atoms with E-state index < -0.39 is 12.3 Å². The van der Waals surface area contributed by atoms with Gasteiger partial charge in [-0.15, -0.1) is 8.78 Å². The average Bonchev–Trinajstić information content (AvgIpc) is 3.34. The monoisotopic (exact) mass is 473 g/mol. The molecule has 1 atom stereocenters. The maximum atomic E-state index is 13.4. The van der Waals surface area contributed by atoms with Crippen LogP contribution in [-0.2, 0) is 0 Å². The third kappa shape index (κ3) is 4.31. The quantitative estimate of drug-likeness (QED) is 0.520. The van der Waals surface area contributed by atoms with Gasteiger partial charge < -0.3 is 14.8 Å². The molecule has 0 spiro atoms. The fourth-order valence-corrected chi connectivity index (χ4v) is 3.81. The molecule has 2 aliphatic heterocycles. The van der Waals surface area contributed by atoms with E-state index in [0.717, 1.165) is 11.1 Å². The molecule has 2 heterocycles. The topological polar surface area (TPSA) is 63.2 Å². The zero-order valence-electron chi connectivity index (χ0n) is 16.8. The van der Waals surface area contributed by atoms with Gasteiger partial charge in [-0.3, -0.25) is 0 Å². The van der Waals surface area contributed by atoms with Crippen LogP contribution in [0.2, 0.25) is 5.02 Å². The van der Waals surface area contributed by atoms with Gasteiger partial charge in [-0.25, -0.2) is 14.2 Å². The van der Waals surface area contributed by atoms with Crippen LogP contribution in [0.4, 0.5) is 23.7 Å². The zero-order valence-corrected chi connectivity index (χ0v) is 17.5. The van der Waals surface area contributed by atoms with Crippen LogP contribution in [0.15, 0.2) is 71.8 Å². The lowest BCUT2D eigenvalue weighted by Crippen LogP contribution is -2.30. The van der Waals surface area contributed by atoms with Crippen molar-refractivity contribution in [3.63, 3.8) is 0 Å². The highest BCUT2D eigenvalue weighted by Gasteiger charge is 2.43. The number of fused-ring (bicyclic) bond motifs is 1. The molecule has 6 nitrogen and oxygen atoms in total. The number of halogens is 4. The fourth-order valence-electron chi connectivity index (χ4n) is 3.68. The smallest absolute Gasteiger partial charge is 0.395 e. The van der Waals surface area contributed by atoms with Crippen LogP contribution in [0.5, 0.6) is 11.5 Å².